The molecule has 0 N–H and O–H groups in total. The van der Waals surface area contributed by atoms with Gasteiger partial charge in [0.2, 0.25) is 5.88 Å². The summed E-state index contributed by atoms with van der Waals surface area (Å²) < 4.78 is 10.3. The van der Waals surface area contributed by atoms with Crippen molar-refractivity contribution in [2.24, 2.45) is 0 Å². The van der Waals surface area contributed by atoms with E-state index in [0.717, 1.165) is 28.2 Å². The van der Waals surface area contributed by atoms with Crippen LogP contribution in [0.2, 0.25) is 0 Å². The van der Waals surface area contributed by atoms with Crippen molar-refractivity contribution >= 4 is 22.4 Å². The monoisotopic (exact) mass is 295 g/mol. The Morgan fingerprint density at radius 2 is 1.82 bits per heavy atom. The van der Waals surface area contributed by atoms with Crippen LogP contribution in [0.4, 0.5) is 11.5 Å². The third-order valence-electron chi connectivity index (χ3n) is 3.54. The minimum Gasteiger partial charge on any atom is -0.497 e. The minimum atomic E-state index is 0.593. The Kier molecular flexibility index (Phi) is 3.78. The lowest BCUT2D eigenvalue weighted by molar-refractivity contribution is 0.398. The second-order valence-electron chi connectivity index (χ2n) is 4.85. The maximum absolute atomic E-state index is 5.23. The number of ether oxygens (including phenoxy) is 2. The van der Waals surface area contributed by atoms with Crippen LogP contribution in [0.25, 0.3) is 10.9 Å². The molecule has 1 aromatic carbocycles. The molecule has 0 saturated carbocycles. The molecule has 0 saturated heterocycles. The summed E-state index contributed by atoms with van der Waals surface area (Å²) in [4.78, 5) is 10.9. The maximum atomic E-state index is 5.23. The third kappa shape index (κ3) is 2.65. The van der Waals surface area contributed by atoms with Crippen molar-refractivity contribution in [1.82, 2.24) is 9.97 Å². The molecular formula is C17H17N3O2. The molecule has 3 rings (SSSR count). The molecule has 0 unspecified atom stereocenters. The van der Waals surface area contributed by atoms with Gasteiger partial charge in [-0.3, -0.25) is 0 Å². The van der Waals surface area contributed by atoms with Crippen molar-refractivity contribution in [2.75, 3.05) is 26.2 Å². The largest absolute Gasteiger partial charge is 0.497 e. The lowest BCUT2D eigenvalue weighted by atomic mass is 10.2. The highest BCUT2D eigenvalue weighted by Crippen LogP contribution is 2.26. The summed E-state index contributed by atoms with van der Waals surface area (Å²) in [7, 11) is 5.22. The molecule has 112 valence electrons. The maximum Gasteiger partial charge on any atom is 0.213 e. The predicted molar refractivity (Wildman–Crippen MR) is 87.1 cm³/mol. The lowest BCUT2D eigenvalue weighted by Gasteiger charge is -2.18. The van der Waals surface area contributed by atoms with Crippen molar-refractivity contribution < 1.29 is 9.47 Å². The molecule has 3 aromatic rings. The van der Waals surface area contributed by atoms with Crippen molar-refractivity contribution in [2.45, 2.75) is 0 Å². The average Bonchev–Trinajstić information content (AvgIpc) is 2.60. The molecule has 0 spiro atoms. The van der Waals surface area contributed by atoms with Gasteiger partial charge in [-0.2, -0.15) is 0 Å². The van der Waals surface area contributed by atoms with Gasteiger partial charge in [0.05, 0.1) is 31.6 Å². The lowest BCUT2D eigenvalue weighted by Crippen LogP contribution is -2.11. The van der Waals surface area contributed by atoms with Crippen LogP contribution in [0.5, 0.6) is 11.6 Å². The van der Waals surface area contributed by atoms with Gasteiger partial charge in [-0.25, -0.2) is 9.97 Å². The Balaban J connectivity index is 1.94. The first kappa shape index (κ1) is 14.1. The Morgan fingerprint density at radius 3 is 2.50 bits per heavy atom. The van der Waals surface area contributed by atoms with Gasteiger partial charge in [0.25, 0.3) is 0 Å². The molecule has 2 aromatic heterocycles. The molecule has 0 aliphatic rings. The first-order valence-corrected chi connectivity index (χ1v) is 6.90. The summed E-state index contributed by atoms with van der Waals surface area (Å²) in [5, 5.41) is 1.05. The van der Waals surface area contributed by atoms with E-state index in [1.54, 1.807) is 20.4 Å². The summed E-state index contributed by atoms with van der Waals surface area (Å²) in [5.74, 6) is 2.27. The number of methoxy groups -OCH3 is 2. The molecule has 2 heterocycles. The van der Waals surface area contributed by atoms with Crippen LogP contribution in [0.15, 0.2) is 48.7 Å². The predicted octanol–water partition coefficient (Wildman–Crippen LogP) is 3.41. The normalized spacial score (nSPS) is 10.5. The van der Waals surface area contributed by atoms with Gasteiger partial charge < -0.3 is 14.4 Å². The third-order valence-corrected chi connectivity index (χ3v) is 3.54. The molecule has 0 aliphatic heterocycles. The second kappa shape index (κ2) is 5.89. The highest BCUT2D eigenvalue weighted by molar-refractivity contribution is 5.82. The van der Waals surface area contributed by atoms with Gasteiger partial charge in [-0.1, -0.05) is 0 Å². The smallest absolute Gasteiger partial charge is 0.213 e. The Hall–Kier alpha value is -2.82. The molecule has 0 radical (unpaired) electrons. The fourth-order valence-corrected chi connectivity index (χ4v) is 2.23. The zero-order valence-electron chi connectivity index (χ0n) is 12.8. The van der Waals surface area contributed by atoms with Crippen molar-refractivity contribution in [1.29, 1.82) is 0 Å². The number of hydrogen-bond donors (Lipinski definition) is 0. The molecule has 0 fully saturated rings. The van der Waals surface area contributed by atoms with Crippen LogP contribution < -0.4 is 14.4 Å². The standard InChI is InChI=1S/C17H17N3O2/c1-20(13-5-9-17(22-3)18-11-13)16-8-4-12-10-14(21-2)6-7-15(12)19-16/h4-11H,1-3H3. The molecule has 0 aliphatic carbocycles. The molecule has 0 amide bonds. The highest BCUT2D eigenvalue weighted by atomic mass is 16.5. The number of fused-ring (bicyclic) bond motifs is 1. The Morgan fingerprint density at radius 1 is 0.955 bits per heavy atom. The van der Waals surface area contributed by atoms with Crippen LogP contribution in [0.3, 0.4) is 0 Å². The number of aromatic nitrogens is 2. The molecule has 0 bridgehead atoms. The molecule has 22 heavy (non-hydrogen) atoms. The zero-order valence-corrected chi connectivity index (χ0v) is 12.8. The van der Waals surface area contributed by atoms with Gasteiger partial charge in [0.15, 0.2) is 0 Å². The summed E-state index contributed by atoms with van der Waals surface area (Å²) in [5.41, 5.74) is 1.87. The fraction of sp³-hybridized carbons (Fsp3) is 0.176. The summed E-state index contributed by atoms with van der Waals surface area (Å²) in [6.45, 7) is 0. The quantitative estimate of drug-likeness (QED) is 0.738. The number of rotatable bonds is 4. The number of anilines is 2. The Labute approximate surface area is 129 Å². The van der Waals surface area contributed by atoms with Crippen molar-refractivity contribution in [3.63, 3.8) is 0 Å². The van der Waals surface area contributed by atoms with E-state index in [-0.39, 0.29) is 0 Å². The highest BCUT2D eigenvalue weighted by Gasteiger charge is 2.08. The molecule has 5 nitrogen and oxygen atoms in total. The van der Waals surface area contributed by atoms with Crippen LogP contribution >= 0.6 is 0 Å². The number of nitrogens with zero attached hydrogens (tertiary/aromatic N) is 3. The van der Waals surface area contributed by atoms with E-state index in [0.29, 0.717) is 5.88 Å². The van der Waals surface area contributed by atoms with Crippen LogP contribution in [-0.2, 0) is 0 Å². The van der Waals surface area contributed by atoms with Gasteiger partial charge in [-0.15, -0.1) is 0 Å². The van der Waals surface area contributed by atoms with E-state index in [2.05, 4.69) is 9.97 Å². The number of benzene rings is 1. The first-order chi connectivity index (χ1) is 10.7. The van der Waals surface area contributed by atoms with E-state index in [9.17, 15) is 0 Å². The van der Waals surface area contributed by atoms with E-state index in [1.165, 1.54) is 0 Å². The van der Waals surface area contributed by atoms with E-state index in [1.807, 2.05) is 54.4 Å². The average molecular weight is 295 g/mol. The minimum absolute atomic E-state index is 0.593. The SMILES string of the molecule is COc1ccc2nc(N(C)c3ccc(OC)nc3)ccc2c1. The van der Waals surface area contributed by atoms with Crippen LogP contribution in [0, 0.1) is 0 Å². The topological polar surface area (TPSA) is 47.5 Å². The van der Waals surface area contributed by atoms with Crippen molar-refractivity contribution in [3.05, 3.63) is 48.7 Å². The Bertz CT molecular complexity index is 788. The van der Waals surface area contributed by atoms with Gasteiger partial charge in [0.1, 0.15) is 11.6 Å². The van der Waals surface area contributed by atoms with E-state index < -0.39 is 0 Å². The number of hydrogen-bond acceptors (Lipinski definition) is 5. The zero-order chi connectivity index (χ0) is 15.5. The van der Waals surface area contributed by atoms with E-state index >= 15 is 0 Å². The van der Waals surface area contributed by atoms with Crippen molar-refractivity contribution in [3.8, 4) is 11.6 Å². The number of pyridine rings is 2. The summed E-state index contributed by atoms with van der Waals surface area (Å²) in [6.07, 6.45) is 1.76. The summed E-state index contributed by atoms with van der Waals surface area (Å²) >= 11 is 0. The first-order valence-electron chi connectivity index (χ1n) is 6.90. The summed E-state index contributed by atoms with van der Waals surface area (Å²) in [6, 6.07) is 13.6. The molecule has 0 atom stereocenters. The van der Waals surface area contributed by atoms with E-state index in [4.69, 9.17) is 9.47 Å². The van der Waals surface area contributed by atoms with Gasteiger partial charge in [-0.05, 0) is 36.4 Å². The van der Waals surface area contributed by atoms with Gasteiger partial charge in [0, 0.05) is 18.5 Å². The molecule has 5 heteroatoms. The van der Waals surface area contributed by atoms with Crippen LogP contribution in [0.1, 0.15) is 0 Å². The van der Waals surface area contributed by atoms with Crippen LogP contribution in [-0.4, -0.2) is 31.2 Å². The second-order valence-corrected chi connectivity index (χ2v) is 4.85. The molecular weight excluding hydrogens is 278 g/mol. The fourth-order valence-electron chi connectivity index (χ4n) is 2.23. The van der Waals surface area contributed by atoms with Gasteiger partial charge >= 0.3 is 0 Å².